The van der Waals surface area contributed by atoms with Gasteiger partial charge in [-0.2, -0.15) is 0 Å². The second-order valence-corrected chi connectivity index (χ2v) is 2.92. The summed E-state index contributed by atoms with van der Waals surface area (Å²) in [6, 6.07) is 9.39. The summed E-state index contributed by atoms with van der Waals surface area (Å²) in [6.45, 7) is 0.0233. The van der Waals surface area contributed by atoms with E-state index in [-0.39, 0.29) is 6.61 Å². The van der Waals surface area contributed by atoms with Crippen molar-refractivity contribution in [1.29, 1.82) is 0 Å². The summed E-state index contributed by atoms with van der Waals surface area (Å²) in [6.07, 6.45) is 3.39. The Morgan fingerprint density at radius 1 is 1.00 bits per heavy atom. The van der Waals surface area contributed by atoms with Gasteiger partial charge in [0.05, 0.1) is 18.0 Å². The first-order chi connectivity index (χ1) is 6.90. The molecule has 3 nitrogen and oxygen atoms in total. The smallest absolute Gasteiger partial charge is 0.0886 e. The van der Waals surface area contributed by atoms with Gasteiger partial charge in [-0.25, -0.2) is 0 Å². The topological polar surface area (TPSA) is 46.0 Å². The standard InChI is InChI=1S/C11H10N2O/c14-8-9-4-5-11(13-7-9)10-3-1-2-6-12-10/h1-7,14H,8H2. The van der Waals surface area contributed by atoms with Crippen LogP contribution in [0.25, 0.3) is 11.4 Å². The van der Waals surface area contributed by atoms with Crippen LogP contribution in [-0.4, -0.2) is 15.1 Å². The lowest BCUT2D eigenvalue weighted by Crippen LogP contribution is -1.89. The molecule has 0 fully saturated rings. The molecule has 0 aliphatic carbocycles. The number of aliphatic hydroxyl groups excluding tert-OH is 1. The summed E-state index contributed by atoms with van der Waals surface area (Å²) in [5.41, 5.74) is 2.48. The molecule has 14 heavy (non-hydrogen) atoms. The first-order valence-electron chi connectivity index (χ1n) is 4.37. The highest BCUT2D eigenvalue weighted by Crippen LogP contribution is 2.13. The summed E-state index contributed by atoms with van der Waals surface area (Å²) >= 11 is 0. The maximum Gasteiger partial charge on any atom is 0.0886 e. The normalized spacial score (nSPS) is 10.1. The van der Waals surface area contributed by atoms with E-state index in [0.717, 1.165) is 17.0 Å². The number of hydrogen-bond acceptors (Lipinski definition) is 3. The largest absolute Gasteiger partial charge is 0.392 e. The molecule has 2 rings (SSSR count). The van der Waals surface area contributed by atoms with Crippen LogP contribution in [0, 0.1) is 0 Å². The molecule has 0 spiro atoms. The quantitative estimate of drug-likeness (QED) is 0.775. The zero-order valence-electron chi connectivity index (χ0n) is 7.59. The first-order valence-corrected chi connectivity index (χ1v) is 4.37. The van der Waals surface area contributed by atoms with Crippen molar-refractivity contribution in [3.63, 3.8) is 0 Å². The van der Waals surface area contributed by atoms with Crippen LogP contribution in [0.1, 0.15) is 5.56 Å². The molecule has 2 aromatic rings. The highest BCUT2D eigenvalue weighted by molar-refractivity contribution is 5.53. The van der Waals surface area contributed by atoms with Crippen LogP contribution in [0.4, 0.5) is 0 Å². The van der Waals surface area contributed by atoms with E-state index in [1.165, 1.54) is 0 Å². The highest BCUT2D eigenvalue weighted by Gasteiger charge is 1.98. The van der Waals surface area contributed by atoms with Gasteiger partial charge in [-0.3, -0.25) is 9.97 Å². The maximum absolute atomic E-state index is 8.84. The Kier molecular flexibility index (Phi) is 2.51. The predicted molar refractivity (Wildman–Crippen MR) is 53.4 cm³/mol. The molecule has 2 aromatic heterocycles. The lowest BCUT2D eigenvalue weighted by Gasteiger charge is -1.99. The van der Waals surface area contributed by atoms with Crippen molar-refractivity contribution >= 4 is 0 Å². The number of hydrogen-bond donors (Lipinski definition) is 1. The zero-order chi connectivity index (χ0) is 9.80. The molecule has 0 aliphatic heterocycles. The number of rotatable bonds is 2. The van der Waals surface area contributed by atoms with E-state index in [1.54, 1.807) is 12.4 Å². The Bertz CT molecular complexity index is 397. The Morgan fingerprint density at radius 3 is 2.43 bits per heavy atom. The minimum atomic E-state index is 0.0233. The fourth-order valence-electron chi connectivity index (χ4n) is 1.18. The van der Waals surface area contributed by atoms with Crippen molar-refractivity contribution in [2.24, 2.45) is 0 Å². The van der Waals surface area contributed by atoms with Gasteiger partial charge in [0.2, 0.25) is 0 Å². The van der Waals surface area contributed by atoms with E-state index in [0.29, 0.717) is 0 Å². The molecule has 0 saturated carbocycles. The second-order valence-electron chi connectivity index (χ2n) is 2.92. The lowest BCUT2D eigenvalue weighted by molar-refractivity contribution is 0.281. The second kappa shape index (κ2) is 3.98. The average Bonchev–Trinajstić information content (AvgIpc) is 2.30. The van der Waals surface area contributed by atoms with E-state index in [2.05, 4.69) is 9.97 Å². The molecule has 3 heteroatoms. The summed E-state index contributed by atoms with van der Waals surface area (Å²) in [4.78, 5) is 8.38. The maximum atomic E-state index is 8.84. The van der Waals surface area contributed by atoms with Crippen molar-refractivity contribution in [3.05, 3.63) is 48.3 Å². The summed E-state index contributed by atoms with van der Waals surface area (Å²) < 4.78 is 0. The van der Waals surface area contributed by atoms with Gasteiger partial charge in [0.1, 0.15) is 0 Å². The van der Waals surface area contributed by atoms with Crippen LogP contribution < -0.4 is 0 Å². The monoisotopic (exact) mass is 186 g/mol. The van der Waals surface area contributed by atoms with Crippen molar-refractivity contribution in [2.45, 2.75) is 6.61 Å². The van der Waals surface area contributed by atoms with Crippen LogP contribution in [0.3, 0.4) is 0 Å². The van der Waals surface area contributed by atoms with Gasteiger partial charge in [0.25, 0.3) is 0 Å². The fraction of sp³-hybridized carbons (Fsp3) is 0.0909. The van der Waals surface area contributed by atoms with E-state index in [9.17, 15) is 0 Å². The molecular weight excluding hydrogens is 176 g/mol. The Morgan fingerprint density at radius 2 is 1.86 bits per heavy atom. The molecule has 0 amide bonds. The van der Waals surface area contributed by atoms with Gasteiger partial charge in [0, 0.05) is 12.4 Å². The van der Waals surface area contributed by atoms with Crippen LogP contribution in [-0.2, 0) is 6.61 Å². The first kappa shape index (κ1) is 8.84. The van der Waals surface area contributed by atoms with Crippen LogP contribution >= 0.6 is 0 Å². The van der Waals surface area contributed by atoms with Crippen molar-refractivity contribution in [2.75, 3.05) is 0 Å². The van der Waals surface area contributed by atoms with E-state index >= 15 is 0 Å². The zero-order valence-corrected chi connectivity index (χ0v) is 7.59. The Hall–Kier alpha value is -1.74. The Balaban J connectivity index is 2.34. The van der Waals surface area contributed by atoms with Crippen molar-refractivity contribution in [3.8, 4) is 11.4 Å². The van der Waals surface area contributed by atoms with Gasteiger partial charge < -0.3 is 5.11 Å². The Labute approximate surface area is 82.1 Å². The van der Waals surface area contributed by atoms with Gasteiger partial charge in [-0.05, 0) is 23.8 Å². The molecule has 0 aromatic carbocycles. The summed E-state index contributed by atoms with van der Waals surface area (Å²) in [5.74, 6) is 0. The van der Waals surface area contributed by atoms with Crippen LogP contribution in [0.5, 0.6) is 0 Å². The average molecular weight is 186 g/mol. The minimum absolute atomic E-state index is 0.0233. The third kappa shape index (κ3) is 1.78. The molecule has 70 valence electrons. The van der Waals surface area contributed by atoms with Gasteiger partial charge in [-0.1, -0.05) is 12.1 Å². The number of aliphatic hydroxyl groups is 1. The van der Waals surface area contributed by atoms with E-state index < -0.39 is 0 Å². The number of aromatic nitrogens is 2. The van der Waals surface area contributed by atoms with Gasteiger partial charge in [-0.15, -0.1) is 0 Å². The molecule has 0 saturated heterocycles. The third-order valence-electron chi connectivity index (χ3n) is 1.93. The fourth-order valence-corrected chi connectivity index (χ4v) is 1.18. The van der Waals surface area contributed by atoms with Crippen molar-refractivity contribution < 1.29 is 5.11 Å². The van der Waals surface area contributed by atoms with Gasteiger partial charge >= 0.3 is 0 Å². The third-order valence-corrected chi connectivity index (χ3v) is 1.93. The van der Waals surface area contributed by atoms with Crippen molar-refractivity contribution in [1.82, 2.24) is 9.97 Å². The predicted octanol–water partition coefficient (Wildman–Crippen LogP) is 1.64. The highest BCUT2D eigenvalue weighted by atomic mass is 16.3. The van der Waals surface area contributed by atoms with E-state index in [1.807, 2.05) is 30.3 Å². The summed E-state index contributed by atoms with van der Waals surface area (Å²) in [7, 11) is 0. The van der Waals surface area contributed by atoms with E-state index in [4.69, 9.17) is 5.11 Å². The molecule has 0 bridgehead atoms. The number of pyridine rings is 2. The molecule has 1 N–H and O–H groups in total. The van der Waals surface area contributed by atoms with Crippen LogP contribution in [0.2, 0.25) is 0 Å². The molecule has 2 heterocycles. The van der Waals surface area contributed by atoms with Gasteiger partial charge in [0.15, 0.2) is 0 Å². The minimum Gasteiger partial charge on any atom is -0.392 e. The summed E-state index contributed by atoms with van der Waals surface area (Å²) in [5, 5.41) is 8.84. The molecule has 0 radical (unpaired) electrons. The van der Waals surface area contributed by atoms with Crippen LogP contribution in [0.15, 0.2) is 42.7 Å². The molecular formula is C11H10N2O. The molecule has 0 unspecified atom stereocenters. The molecule has 0 aliphatic rings. The SMILES string of the molecule is OCc1ccc(-c2ccccn2)nc1. The lowest BCUT2D eigenvalue weighted by atomic mass is 10.2. The molecule has 0 atom stereocenters. The number of nitrogens with zero attached hydrogens (tertiary/aromatic N) is 2.